The van der Waals surface area contributed by atoms with E-state index < -0.39 is 0 Å². The number of ether oxygens (including phenoxy) is 1. The van der Waals surface area contributed by atoms with Gasteiger partial charge in [-0.3, -0.25) is 0 Å². The molecule has 0 radical (unpaired) electrons. The molecule has 0 aliphatic heterocycles. The van der Waals surface area contributed by atoms with E-state index in [4.69, 9.17) is 9.72 Å². The molecule has 0 saturated carbocycles. The minimum atomic E-state index is 0.00551. The van der Waals surface area contributed by atoms with Crippen LogP contribution in [0, 0.1) is 0 Å². The smallest absolute Gasteiger partial charge is 0.200 e. The number of methoxy groups -OCH3 is 1. The predicted octanol–water partition coefficient (Wildman–Crippen LogP) is 3.73. The van der Waals surface area contributed by atoms with E-state index in [-0.39, 0.29) is 10.8 Å². The van der Waals surface area contributed by atoms with Gasteiger partial charge in [-0.05, 0) is 31.4 Å². The van der Waals surface area contributed by atoms with Gasteiger partial charge in [0.1, 0.15) is 11.5 Å². The maximum Gasteiger partial charge on any atom is 0.200 e. The van der Waals surface area contributed by atoms with Crippen LogP contribution in [0.5, 0.6) is 0 Å². The van der Waals surface area contributed by atoms with Gasteiger partial charge >= 0.3 is 0 Å². The van der Waals surface area contributed by atoms with E-state index in [1.165, 1.54) is 0 Å². The topological polar surface area (TPSA) is 72.8 Å². The zero-order valence-corrected chi connectivity index (χ0v) is 16.5. The SMILES string of the molecule is COCCCNc1cccc(-c2nnc3c(n2)C(C)(C)CCC3(C)C)n1. The Morgan fingerprint density at radius 1 is 1.00 bits per heavy atom. The summed E-state index contributed by atoms with van der Waals surface area (Å²) in [6.45, 7) is 10.5. The van der Waals surface area contributed by atoms with Crippen LogP contribution < -0.4 is 5.32 Å². The van der Waals surface area contributed by atoms with Crippen LogP contribution in [-0.4, -0.2) is 40.4 Å². The first-order valence-corrected chi connectivity index (χ1v) is 9.29. The standard InChI is InChI=1S/C20H29N5O/c1-19(2)10-11-20(3,4)17-16(19)23-18(25-24-17)14-8-6-9-15(22-14)21-12-7-13-26-5/h6,8-9H,7,10-13H2,1-5H3,(H,21,22). The number of rotatable bonds is 6. The van der Waals surface area contributed by atoms with Crippen molar-refractivity contribution in [2.75, 3.05) is 25.6 Å². The lowest BCUT2D eigenvalue weighted by molar-refractivity contribution is 0.198. The molecule has 0 bridgehead atoms. The van der Waals surface area contributed by atoms with Crippen molar-refractivity contribution < 1.29 is 4.74 Å². The predicted molar refractivity (Wildman–Crippen MR) is 103 cm³/mol. The summed E-state index contributed by atoms with van der Waals surface area (Å²) in [4.78, 5) is 9.56. The van der Waals surface area contributed by atoms with E-state index >= 15 is 0 Å². The fourth-order valence-electron chi connectivity index (χ4n) is 3.31. The average molecular weight is 355 g/mol. The molecule has 0 unspecified atom stereocenters. The monoisotopic (exact) mass is 355 g/mol. The molecule has 0 amide bonds. The normalized spacial score (nSPS) is 17.6. The number of nitrogens with zero attached hydrogens (tertiary/aromatic N) is 4. The summed E-state index contributed by atoms with van der Waals surface area (Å²) in [5.74, 6) is 1.41. The van der Waals surface area contributed by atoms with Gasteiger partial charge in [-0.1, -0.05) is 33.8 Å². The highest BCUT2D eigenvalue weighted by Gasteiger charge is 2.40. The molecule has 1 aliphatic rings. The van der Waals surface area contributed by atoms with Gasteiger partial charge in [-0.15, -0.1) is 5.10 Å². The van der Waals surface area contributed by atoms with Crippen LogP contribution in [0.1, 0.15) is 58.3 Å². The van der Waals surface area contributed by atoms with Gasteiger partial charge < -0.3 is 10.1 Å². The fourth-order valence-corrected chi connectivity index (χ4v) is 3.31. The number of fused-ring (bicyclic) bond motifs is 1. The van der Waals surface area contributed by atoms with Gasteiger partial charge in [0.05, 0.1) is 11.4 Å². The summed E-state index contributed by atoms with van der Waals surface area (Å²) >= 11 is 0. The van der Waals surface area contributed by atoms with Crippen LogP contribution in [0.3, 0.4) is 0 Å². The second-order valence-corrected chi connectivity index (χ2v) is 8.28. The molecule has 26 heavy (non-hydrogen) atoms. The molecular weight excluding hydrogens is 326 g/mol. The van der Waals surface area contributed by atoms with Crippen LogP contribution in [0.2, 0.25) is 0 Å². The van der Waals surface area contributed by atoms with Crippen molar-refractivity contribution in [1.29, 1.82) is 0 Å². The zero-order valence-electron chi connectivity index (χ0n) is 16.5. The number of aromatic nitrogens is 4. The van der Waals surface area contributed by atoms with Gasteiger partial charge in [0.15, 0.2) is 0 Å². The number of hydrogen-bond acceptors (Lipinski definition) is 6. The van der Waals surface area contributed by atoms with Crippen molar-refractivity contribution in [3.8, 4) is 11.5 Å². The molecular formula is C20H29N5O. The summed E-state index contributed by atoms with van der Waals surface area (Å²) in [5, 5.41) is 12.3. The summed E-state index contributed by atoms with van der Waals surface area (Å²) in [6.07, 6.45) is 3.13. The van der Waals surface area contributed by atoms with Gasteiger partial charge in [-0.25, -0.2) is 9.97 Å². The quantitative estimate of drug-likeness (QED) is 0.796. The largest absolute Gasteiger partial charge is 0.385 e. The van der Waals surface area contributed by atoms with E-state index in [0.717, 1.165) is 55.3 Å². The number of hydrogen-bond donors (Lipinski definition) is 1. The molecule has 0 spiro atoms. The third-order valence-electron chi connectivity index (χ3n) is 5.15. The van der Waals surface area contributed by atoms with Crippen molar-refractivity contribution >= 4 is 5.82 Å². The Bertz CT molecular complexity index is 773. The minimum absolute atomic E-state index is 0.00551. The molecule has 0 atom stereocenters. The van der Waals surface area contributed by atoms with Crippen LogP contribution >= 0.6 is 0 Å². The van der Waals surface area contributed by atoms with Crippen molar-refractivity contribution in [3.63, 3.8) is 0 Å². The van der Waals surface area contributed by atoms with Crippen molar-refractivity contribution in [1.82, 2.24) is 20.2 Å². The fraction of sp³-hybridized carbons (Fsp3) is 0.600. The van der Waals surface area contributed by atoms with E-state index in [0.29, 0.717) is 5.82 Å². The second kappa shape index (κ2) is 7.27. The highest BCUT2D eigenvalue weighted by Crippen LogP contribution is 2.43. The van der Waals surface area contributed by atoms with Gasteiger partial charge in [0.25, 0.3) is 0 Å². The molecule has 2 aromatic rings. The summed E-state index contributed by atoms with van der Waals surface area (Å²) in [7, 11) is 1.71. The maximum absolute atomic E-state index is 5.07. The third kappa shape index (κ3) is 3.85. The summed E-state index contributed by atoms with van der Waals surface area (Å²) in [6, 6.07) is 5.86. The molecule has 140 valence electrons. The van der Waals surface area contributed by atoms with Gasteiger partial charge in [0, 0.05) is 31.1 Å². The molecule has 6 nitrogen and oxygen atoms in total. The van der Waals surface area contributed by atoms with Crippen molar-refractivity contribution in [2.24, 2.45) is 0 Å². The summed E-state index contributed by atoms with van der Waals surface area (Å²) < 4.78 is 5.07. The molecule has 3 rings (SSSR count). The molecule has 2 heterocycles. The average Bonchev–Trinajstić information content (AvgIpc) is 2.63. The summed E-state index contributed by atoms with van der Waals surface area (Å²) in [5.41, 5.74) is 2.84. The lowest BCUT2D eigenvalue weighted by Crippen LogP contribution is -2.36. The first kappa shape index (κ1) is 18.7. The second-order valence-electron chi connectivity index (χ2n) is 8.28. The Hall–Kier alpha value is -2.08. The minimum Gasteiger partial charge on any atom is -0.385 e. The van der Waals surface area contributed by atoms with E-state index in [1.54, 1.807) is 7.11 Å². The molecule has 1 N–H and O–H groups in total. The Morgan fingerprint density at radius 2 is 1.73 bits per heavy atom. The highest BCUT2D eigenvalue weighted by atomic mass is 16.5. The molecule has 0 aromatic carbocycles. The van der Waals surface area contributed by atoms with E-state index in [9.17, 15) is 0 Å². The third-order valence-corrected chi connectivity index (χ3v) is 5.15. The Kier molecular flexibility index (Phi) is 5.23. The number of anilines is 1. The molecule has 0 fully saturated rings. The first-order valence-electron chi connectivity index (χ1n) is 9.29. The van der Waals surface area contributed by atoms with E-state index in [1.807, 2.05) is 18.2 Å². The van der Waals surface area contributed by atoms with Crippen LogP contribution in [0.25, 0.3) is 11.5 Å². The molecule has 1 aliphatic carbocycles. The maximum atomic E-state index is 5.07. The van der Waals surface area contributed by atoms with Gasteiger partial charge in [-0.2, -0.15) is 5.10 Å². The van der Waals surface area contributed by atoms with Crippen LogP contribution in [0.15, 0.2) is 18.2 Å². The Morgan fingerprint density at radius 3 is 2.46 bits per heavy atom. The van der Waals surface area contributed by atoms with Crippen molar-refractivity contribution in [2.45, 2.75) is 57.8 Å². The number of pyridine rings is 1. The van der Waals surface area contributed by atoms with Gasteiger partial charge in [0.2, 0.25) is 5.82 Å². The Balaban J connectivity index is 1.89. The lowest BCUT2D eigenvalue weighted by atomic mass is 9.67. The van der Waals surface area contributed by atoms with Crippen LogP contribution in [0.4, 0.5) is 5.82 Å². The zero-order chi connectivity index (χ0) is 18.8. The number of nitrogens with one attached hydrogen (secondary N) is 1. The molecule has 2 aromatic heterocycles. The lowest BCUT2D eigenvalue weighted by Gasteiger charge is -2.39. The Labute approximate surface area is 155 Å². The molecule has 6 heteroatoms. The highest BCUT2D eigenvalue weighted by molar-refractivity contribution is 5.53. The molecule has 0 saturated heterocycles. The van der Waals surface area contributed by atoms with Crippen LogP contribution in [-0.2, 0) is 15.6 Å². The van der Waals surface area contributed by atoms with E-state index in [2.05, 4.69) is 48.2 Å². The first-order chi connectivity index (χ1) is 12.3. The van der Waals surface area contributed by atoms with Crippen molar-refractivity contribution in [3.05, 3.63) is 29.6 Å².